The molecule has 0 spiro atoms. The zero-order valence-corrected chi connectivity index (χ0v) is 19.8. The second-order valence-electron chi connectivity index (χ2n) is 8.27. The van der Waals surface area contributed by atoms with Crippen LogP contribution in [-0.4, -0.2) is 57.5 Å². The van der Waals surface area contributed by atoms with Crippen molar-refractivity contribution in [2.75, 3.05) is 42.3 Å². The number of rotatable bonds is 5. The van der Waals surface area contributed by atoms with E-state index in [0.717, 1.165) is 53.2 Å². The van der Waals surface area contributed by atoms with Crippen molar-refractivity contribution in [3.63, 3.8) is 0 Å². The van der Waals surface area contributed by atoms with E-state index in [9.17, 15) is 4.79 Å². The van der Waals surface area contributed by atoms with Crippen molar-refractivity contribution in [1.29, 1.82) is 0 Å². The molecule has 33 heavy (non-hydrogen) atoms. The summed E-state index contributed by atoms with van der Waals surface area (Å²) in [5, 5.41) is 13.8. The van der Waals surface area contributed by atoms with E-state index >= 15 is 0 Å². The summed E-state index contributed by atoms with van der Waals surface area (Å²) in [5.74, 6) is 0.178. The highest BCUT2D eigenvalue weighted by Gasteiger charge is 2.22. The van der Waals surface area contributed by atoms with Gasteiger partial charge in [0.2, 0.25) is 5.91 Å². The summed E-state index contributed by atoms with van der Waals surface area (Å²) in [6.07, 6.45) is 6.45. The van der Waals surface area contributed by atoms with Gasteiger partial charge in [0.15, 0.2) is 10.8 Å². The van der Waals surface area contributed by atoms with Gasteiger partial charge >= 0.3 is 0 Å². The Kier molecular flexibility index (Phi) is 5.65. The van der Waals surface area contributed by atoms with E-state index < -0.39 is 0 Å². The van der Waals surface area contributed by atoms with Crippen molar-refractivity contribution in [2.45, 2.75) is 30.8 Å². The molecule has 170 valence electrons. The van der Waals surface area contributed by atoms with E-state index in [4.69, 9.17) is 4.74 Å². The van der Waals surface area contributed by atoms with Crippen molar-refractivity contribution in [3.05, 3.63) is 41.0 Å². The van der Waals surface area contributed by atoms with Crippen LogP contribution in [0.4, 0.5) is 11.4 Å². The first kappa shape index (κ1) is 20.9. The molecular formula is C23H24N6O2S2. The van der Waals surface area contributed by atoms with Crippen LogP contribution in [0.5, 0.6) is 0 Å². The van der Waals surface area contributed by atoms with Crippen LogP contribution >= 0.6 is 23.1 Å². The van der Waals surface area contributed by atoms with Crippen molar-refractivity contribution >= 4 is 56.2 Å². The summed E-state index contributed by atoms with van der Waals surface area (Å²) in [7, 11) is 0. The first-order valence-corrected chi connectivity index (χ1v) is 13.1. The number of fused-ring (bicyclic) bond motifs is 5. The summed E-state index contributed by atoms with van der Waals surface area (Å²) in [5.41, 5.74) is 4.09. The van der Waals surface area contributed by atoms with Gasteiger partial charge in [-0.2, -0.15) is 0 Å². The number of carbonyl (C=O) groups excluding carboxylic acids is 1. The second-order valence-corrected chi connectivity index (χ2v) is 10.3. The largest absolute Gasteiger partial charge is 0.378 e. The van der Waals surface area contributed by atoms with Crippen LogP contribution in [0, 0.1) is 0 Å². The number of carbonyl (C=O) groups is 1. The number of nitrogens with one attached hydrogen (secondary N) is 1. The summed E-state index contributed by atoms with van der Waals surface area (Å²) in [6.45, 7) is 3.04. The molecule has 0 atom stereocenters. The molecule has 1 fully saturated rings. The van der Waals surface area contributed by atoms with Gasteiger partial charge in [0.25, 0.3) is 0 Å². The Hall–Kier alpha value is -2.69. The minimum atomic E-state index is -0.0700. The number of hydrogen-bond donors (Lipinski definition) is 1. The standard InChI is InChI=1S/C23H24N6O2S2/c30-19(25-16-6-2-3-7-17(16)28-9-11-31-12-10-28)13-32-23-27-26-21-20-15-5-1-4-8-18(15)33-22(20)24-14-29(21)23/h2-3,6-7,14H,1,4-5,8-13H2,(H,25,30). The number of amides is 1. The molecule has 0 radical (unpaired) electrons. The highest BCUT2D eigenvalue weighted by atomic mass is 32.2. The van der Waals surface area contributed by atoms with Crippen LogP contribution in [0.2, 0.25) is 0 Å². The fourth-order valence-corrected chi connectivity index (χ4v) is 6.54. The molecule has 3 aromatic heterocycles. The summed E-state index contributed by atoms with van der Waals surface area (Å²) < 4.78 is 7.38. The van der Waals surface area contributed by atoms with Gasteiger partial charge in [0.1, 0.15) is 11.2 Å². The van der Waals surface area contributed by atoms with Crippen molar-refractivity contribution in [2.24, 2.45) is 0 Å². The van der Waals surface area contributed by atoms with Gasteiger partial charge in [0, 0.05) is 18.0 Å². The lowest BCUT2D eigenvalue weighted by atomic mass is 9.97. The van der Waals surface area contributed by atoms with Crippen LogP contribution in [0.3, 0.4) is 0 Å². The van der Waals surface area contributed by atoms with Crippen molar-refractivity contribution in [3.8, 4) is 0 Å². The quantitative estimate of drug-likeness (QED) is 0.435. The lowest BCUT2D eigenvalue weighted by molar-refractivity contribution is -0.113. The van der Waals surface area contributed by atoms with Crippen LogP contribution in [0.25, 0.3) is 15.9 Å². The van der Waals surface area contributed by atoms with Gasteiger partial charge in [-0.05, 0) is 43.4 Å². The number of benzene rings is 1. The van der Waals surface area contributed by atoms with Gasteiger partial charge in [0.05, 0.1) is 35.7 Å². The average Bonchev–Trinajstić information content (AvgIpc) is 3.44. The number of anilines is 2. The van der Waals surface area contributed by atoms with Crippen LogP contribution in [0.1, 0.15) is 23.3 Å². The van der Waals surface area contributed by atoms with E-state index in [2.05, 4.69) is 25.4 Å². The number of thiophene rings is 1. The lowest BCUT2D eigenvalue weighted by Crippen LogP contribution is -2.36. The Bertz CT molecular complexity index is 1330. The summed E-state index contributed by atoms with van der Waals surface area (Å²) in [6, 6.07) is 7.92. The number of aryl methyl sites for hydroxylation is 2. The third-order valence-electron chi connectivity index (χ3n) is 6.19. The van der Waals surface area contributed by atoms with Crippen LogP contribution < -0.4 is 10.2 Å². The Morgan fingerprint density at radius 1 is 1.15 bits per heavy atom. The van der Waals surface area contributed by atoms with E-state index in [1.807, 2.05) is 28.7 Å². The molecule has 1 aliphatic heterocycles. The number of hydrogen-bond acceptors (Lipinski definition) is 8. The van der Waals surface area contributed by atoms with E-state index in [1.54, 1.807) is 17.7 Å². The first-order chi connectivity index (χ1) is 16.3. The number of thioether (sulfide) groups is 1. The molecule has 4 heterocycles. The van der Waals surface area contributed by atoms with Gasteiger partial charge in [-0.3, -0.25) is 9.20 Å². The van der Waals surface area contributed by atoms with Gasteiger partial charge in [-0.15, -0.1) is 21.5 Å². The van der Waals surface area contributed by atoms with Gasteiger partial charge < -0.3 is 15.0 Å². The zero-order valence-electron chi connectivity index (χ0n) is 18.1. The Morgan fingerprint density at radius 2 is 2.00 bits per heavy atom. The maximum absolute atomic E-state index is 12.8. The SMILES string of the molecule is O=C(CSc1nnc2c3c4c(sc3ncn12)CCCC4)Nc1ccccc1N1CCOCC1. The monoisotopic (exact) mass is 480 g/mol. The lowest BCUT2D eigenvalue weighted by Gasteiger charge is -2.30. The molecule has 2 aliphatic rings. The molecule has 6 rings (SSSR count). The molecule has 1 aliphatic carbocycles. The minimum Gasteiger partial charge on any atom is -0.378 e. The fraction of sp³-hybridized carbons (Fsp3) is 0.391. The Labute approximate surface area is 199 Å². The number of ether oxygens (including phenoxy) is 1. The second kappa shape index (κ2) is 8.92. The molecule has 1 N–H and O–H groups in total. The minimum absolute atomic E-state index is 0.0700. The smallest absolute Gasteiger partial charge is 0.234 e. The van der Waals surface area contributed by atoms with Crippen molar-refractivity contribution < 1.29 is 9.53 Å². The Balaban J connectivity index is 1.19. The number of morpholine rings is 1. The summed E-state index contributed by atoms with van der Waals surface area (Å²) in [4.78, 5) is 22.2. The predicted molar refractivity (Wildman–Crippen MR) is 132 cm³/mol. The average molecular weight is 481 g/mol. The zero-order chi connectivity index (χ0) is 22.2. The number of nitrogens with zero attached hydrogens (tertiary/aromatic N) is 5. The van der Waals surface area contributed by atoms with Crippen molar-refractivity contribution in [1.82, 2.24) is 19.6 Å². The highest BCUT2D eigenvalue weighted by molar-refractivity contribution is 7.99. The maximum Gasteiger partial charge on any atom is 0.234 e. The first-order valence-electron chi connectivity index (χ1n) is 11.3. The van der Waals surface area contributed by atoms with E-state index in [1.165, 1.54) is 35.0 Å². The predicted octanol–water partition coefficient (Wildman–Crippen LogP) is 3.79. The molecule has 0 unspecified atom stereocenters. The molecule has 8 nitrogen and oxygen atoms in total. The highest BCUT2D eigenvalue weighted by Crippen LogP contribution is 2.37. The molecule has 1 amide bonds. The number of para-hydroxylation sites is 2. The van der Waals surface area contributed by atoms with E-state index in [0.29, 0.717) is 18.4 Å². The molecule has 1 aromatic carbocycles. The van der Waals surface area contributed by atoms with Gasteiger partial charge in [-0.1, -0.05) is 23.9 Å². The molecule has 10 heteroatoms. The van der Waals surface area contributed by atoms with Gasteiger partial charge in [-0.25, -0.2) is 4.98 Å². The summed E-state index contributed by atoms with van der Waals surface area (Å²) >= 11 is 3.16. The molecule has 0 bridgehead atoms. The molecule has 4 aromatic rings. The Morgan fingerprint density at radius 3 is 2.91 bits per heavy atom. The normalized spacial score (nSPS) is 16.3. The molecular weight excluding hydrogens is 456 g/mol. The maximum atomic E-state index is 12.8. The topological polar surface area (TPSA) is 84.7 Å². The van der Waals surface area contributed by atoms with E-state index in [-0.39, 0.29) is 11.7 Å². The third-order valence-corrected chi connectivity index (χ3v) is 8.34. The third kappa shape index (κ3) is 3.96. The molecule has 0 saturated carbocycles. The molecule has 1 saturated heterocycles. The van der Waals surface area contributed by atoms with Crippen LogP contribution in [-0.2, 0) is 22.4 Å². The number of aromatic nitrogens is 4. The van der Waals surface area contributed by atoms with Crippen LogP contribution in [0.15, 0.2) is 35.7 Å². The fourth-order valence-electron chi connectivity index (χ4n) is 4.61.